The van der Waals surface area contributed by atoms with Crippen molar-refractivity contribution in [2.45, 2.75) is 38.7 Å². The average molecular weight is 305 g/mol. The molecule has 0 amide bonds. The van der Waals surface area contributed by atoms with Gasteiger partial charge in [-0.25, -0.2) is 0 Å². The highest BCUT2D eigenvalue weighted by Gasteiger charge is 2.13. The van der Waals surface area contributed by atoms with E-state index in [1.165, 1.54) is 5.56 Å². The molecule has 1 aromatic rings. The molecule has 5 nitrogen and oxygen atoms in total. The SMILES string of the molecule is CCc1ccc(NC(N)=NCCCOC2CCOCC2)cc1. The molecular weight excluding hydrogens is 278 g/mol. The van der Waals surface area contributed by atoms with Gasteiger partial charge in [-0.3, -0.25) is 4.99 Å². The van der Waals surface area contributed by atoms with Crippen LogP contribution in [0.4, 0.5) is 5.69 Å². The molecule has 1 fully saturated rings. The normalized spacial score (nSPS) is 16.7. The second kappa shape index (κ2) is 9.43. The zero-order valence-corrected chi connectivity index (χ0v) is 13.4. The van der Waals surface area contributed by atoms with E-state index in [0.29, 0.717) is 18.6 Å². The van der Waals surface area contributed by atoms with Gasteiger partial charge in [0.1, 0.15) is 0 Å². The van der Waals surface area contributed by atoms with Crippen LogP contribution in [0.3, 0.4) is 0 Å². The zero-order chi connectivity index (χ0) is 15.6. The third-order valence-electron chi connectivity index (χ3n) is 3.74. The Balaban J connectivity index is 1.62. The quantitative estimate of drug-likeness (QED) is 0.461. The number of anilines is 1. The van der Waals surface area contributed by atoms with E-state index in [2.05, 4.69) is 29.4 Å². The molecule has 5 heteroatoms. The van der Waals surface area contributed by atoms with Crippen LogP contribution in [0.2, 0.25) is 0 Å². The van der Waals surface area contributed by atoms with Crippen LogP contribution in [0.1, 0.15) is 31.7 Å². The van der Waals surface area contributed by atoms with Gasteiger partial charge in [-0.15, -0.1) is 0 Å². The first-order chi connectivity index (χ1) is 10.8. The molecule has 22 heavy (non-hydrogen) atoms. The van der Waals surface area contributed by atoms with Gasteiger partial charge in [0.15, 0.2) is 5.96 Å². The predicted octanol–water partition coefficient (Wildman–Crippen LogP) is 2.56. The lowest BCUT2D eigenvalue weighted by Crippen LogP contribution is -2.24. The van der Waals surface area contributed by atoms with Crippen LogP contribution in [0.15, 0.2) is 29.3 Å². The van der Waals surface area contributed by atoms with Crippen LogP contribution in [-0.2, 0) is 15.9 Å². The van der Waals surface area contributed by atoms with Crippen molar-refractivity contribution in [1.29, 1.82) is 0 Å². The first kappa shape index (κ1) is 16.8. The minimum Gasteiger partial charge on any atom is -0.381 e. The van der Waals surface area contributed by atoms with Crippen molar-refractivity contribution in [1.82, 2.24) is 0 Å². The van der Waals surface area contributed by atoms with Crippen molar-refractivity contribution in [2.75, 3.05) is 31.7 Å². The number of nitrogens with zero attached hydrogens (tertiary/aromatic N) is 1. The number of benzene rings is 1. The maximum Gasteiger partial charge on any atom is 0.193 e. The maximum atomic E-state index is 5.88. The van der Waals surface area contributed by atoms with Gasteiger partial charge >= 0.3 is 0 Å². The fourth-order valence-electron chi connectivity index (χ4n) is 2.37. The topological polar surface area (TPSA) is 68.9 Å². The lowest BCUT2D eigenvalue weighted by atomic mass is 10.1. The van der Waals surface area contributed by atoms with Crippen molar-refractivity contribution in [3.63, 3.8) is 0 Å². The number of hydrogen-bond acceptors (Lipinski definition) is 3. The molecule has 0 radical (unpaired) electrons. The highest BCUT2D eigenvalue weighted by molar-refractivity contribution is 5.92. The van der Waals surface area contributed by atoms with Crippen molar-refractivity contribution in [3.8, 4) is 0 Å². The third kappa shape index (κ3) is 6.03. The van der Waals surface area contributed by atoms with Crippen molar-refractivity contribution >= 4 is 11.6 Å². The number of guanidine groups is 1. The third-order valence-corrected chi connectivity index (χ3v) is 3.74. The monoisotopic (exact) mass is 305 g/mol. The van der Waals surface area contributed by atoms with E-state index in [9.17, 15) is 0 Å². The standard InChI is InChI=1S/C17H27N3O2/c1-2-14-4-6-15(7-5-14)20-17(18)19-10-3-11-22-16-8-12-21-13-9-16/h4-7,16H,2-3,8-13H2,1H3,(H3,18,19,20). The van der Waals surface area contributed by atoms with Crippen LogP contribution in [0, 0.1) is 0 Å². The Kier molecular flexibility index (Phi) is 7.19. The Morgan fingerprint density at radius 1 is 1.32 bits per heavy atom. The van der Waals surface area contributed by atoms with E-state index in [0.717, 1.165) is 51.2 Å². The summed E-state index contributed by atoms with van der Waals surface area (Å²) in [5.74, 6) is 0.454. The molecule has 1 heterocycles. The van der Waals surface area contributed by atoms with Gasteiger partial charge in [-0.2, -0.15) is 0 Å². The maximum absolute atomic E-state index is 5.88. The van der Waals surface area contributed by atoms with E-state index in [1.807, 2.05) is 12.1 Å². The molecule has 0 aromatic heterocycles. The highest BCUT2D eigenvalue weighted by atomic mass is 16.5. The second-order valence-electron chi connectivity index (χ2n) is 5.48. The number of aryl methyl sites for hydroxylation is 1. The average Bonchev–Trinajstić information content (AvgIpc) is 2.56. The number of nitrogens with two attached hydrogens (primary N) is 1. The summed E-state index contributed by atoms with van der Waals surface area (Å²) >= 11 is 0. The number of ether oxygens (including phenoxy) is 2. The molecule has 2 rings (SSSR count). The van der Waals surface area contributed by atoms with Crippen molar-refractivity contribution in [2.24, 2.45) is 10.7 Å². The summed E-state index contributed by atoms with van der Waals surface area (Å²) in [6.07, 6.45) is 4.28. The molecule has 1 aliphatic rings. The summed E-state index contributed by atoms with van der Waals surface area (Å²) in [7, 11) is 0. The van der Waals surface area contributed by atoms with Crippen LogP contribution in [0.25, 0.3) is 0 Å². The molecule has 0 aliphatic carbocycles. The van der Waals surface area contributed by atoms with E-state index in [-0.39, 0.29) is 0 Å². The first-order valence-electron chi connectivity index (χ1n) is 8.13. The number of nitrogens with one attached hydrogen (secondary N) is 1. The molecule has 0 bridgehead atoms. The molecule has 0 saturated carbocycles. The molecule has 0 spiro atoms. The fourth-order valence-corrected chi connectivity index (χ4v) is 2.37. The Labute approximate surface area is 132 Å². The van der Waals surface area contributed by atoms with Gasteiger partial charge in [0.25, 0.3) is 0 Å². The Morgan fingerprint density at radius 2 is 2.05 bits per heavy atom. The summed E-state index contributed by atoms with van der Waals surface area (Å²) < 4.78 is 11.1. The molecule has 1 saturated heterocycles. The summed E-state index contributed by atoms with van der Waals surface area (Å²) in [4.78, 5) is 4.32. The summed E-state index contributed by atoms with van der Waals surface area (Å²) in [6, 6.07) is 8.24. The summed E-state index contributed by atoms with van der Waals surface area (Å²) in [5, 5.41) is 3.10. The van der Waals surface area contributed by atoms with Gasteiger partial charge in [0, 0.05) is 32.1 Å². The van der Waals surface area contributed by atoms with Crippen LogP contribution in [0.5, 0.6) is 0 Å². The highest BCUT2D eigenvalue weighted by Crippen LogP contribution is 2.11. The Morgan fingerprint density at radius 3 is 2.73 bits per heavy atom. The van der Waals surface area contributed by atoms with Gasteiger partial charge < -0.3 is 20.5 Å². The number of rotatable bonds is 7. The number of hydrogen-bond donors (Lipinski definition) is 2. The summed E-state index contributed by atoms with van der Waals surface area (Å²) in [5.41, 5.74) is 8.16. The first-order valence-corrected chi connectivity index (χ1v) is 8.13. The molecular formula is C17H27N3O2. The minimum absolute atomic E-state index is 0.352. The molecule has 3 N–H and O–H groups in total. The molecule has 1 aromatic carbocycles. The van der Waals surface area contributed by atoms with Gasteiger partial charge in [-0.05, 0) is 43.4 Å². The zero-order valence-electron chi connectivity index (χ0n) is 13.4. The summed E-state index contributed by atoms with van der Waals surface area (Å²) in [6.45, 7) is 5.18. The van der Waals surface area contributed by atoms with E-state index in [1.54, 1.807) is 0 Å². The van der Waals surface area contributed by atoms with Gasteiger partial charge in [0.2, 0.25) is 0 Å². The van der Waals surface area contributed by atoms with Crippen LogP contribution in [-0.4, -0.2) is 38.4 Å². The Bertz CT molecular complexity index is 453. The van der Waals surface area contributed by atoms with E-state index < -0.39 is 0 Å². The number of aliphatic imine (C=N–C) groups is 1. The van der Waals surface area contributed by atoms with Gasteiger partial charge in [0.05, 0.1) is 6.10 Å². The molecule has 0 atom stereocenters. The van der Waals surface area contributed by atoms with E-state index >= 15 is 0 Å². The van der Waals surface area contributed by atoms with Gasteiger partial charge in [-0.1, -0.05) is 19.1 Å². The van der Waals surface area contributed by atoms with Crippen LogP contribution >= 0.6 is 0 Å². The second-order valence-corrected chi connectivity index (χ2v) is 5.48. The minimum atomic E-state index is 0.352. The van der Waals surface area contributed by atoms with Crippen molar-refractivity contribution in [3.05, 3.63) is 29.8 Å². The molecule has 0 unspecified atom stereocenters. The smallest absolute Gasteiger partial charge is 0.193 e. The largest absolute Gasteiger partial charge is 0.381 e. The molecule has 1 aliphatic heterocycles. The van der Waals surface area contributed by atoms with Crippen LogP contribution < -0.4 is 11.1 Å². The van der Waals surface area contributed by atoms with Crippen molar-refractivity contribution < 1.29 is 9.47 Å². The predicted molar refractivity (Wildman–Crippen MR) is 90.3 cm³/mol. The Hall–Kier alpha value is -1.59. The lowest BCUT2D eigenvalue weighted by molar-refractivity contribution is -0.0318. The fraction of sp³-hybridized carbons (Fsp3) is 0.588. The molecule has 122 valence electrons. The van der Waals surface area contributed by atoms with E-state index in [4.69, 9.17) is 15.2 Å². The lowest BCUT2D eigenvalue weighted by Gasteiger charge is -2.22.